The quantitative estimate of drug-likeness (QED) is 0.740. The summed E-state index contributed by atoms with van der Waals surface area (Å²) in [6, 6.07) is 8.68. The van der Waals surface area contributed by atoms with Crippen molar-refractivity contribution in [1.29, 1.82) is 0 Å². The van der Waals surface area contributed by atoms with E-state index in [2.05, 4.69) is 55.7 Å². The number of hydrogen-bond acceptors (Lipinski definition) is 3. The van der Waals surface area contributed by atoms with E-state index in [1.54, 1.807) is 0 Å². The third-order valence-electron chi connectivity index (χ3n) is 4.69. The number of rotatable bonds is 5. The smallest absolute Gasteiger partial charge is 0.220 e. The Kier molecular flexibility index (Phi) is 9.42. The number of carbonyl (C=O) groups excluding carboxylic acids is 1. The fourth-order valence-corrected chi connectivity index (χ4v) is 3.62. The molecule has 2 aliphatic rings. The van der Waals surface area contributed by atoms with Gasteiger partial charge in [-0.3, -0.25) is 4.79 Å². The van der Waals surface area contributed by atoms with Crippen LogP contribution in [0.15, 0.2) is 28.7 Å². The van der Waals surface area contributed by atoms with E-state index in [-0.39, 0.29) is 36.8 Å². The highest BCUT2D eigenvalue weighted by Gasteiger charge is 2.24. The number of anilines is 1. The summed E-state index contributed by atoms with van der Waals surface area (Å²) in [4.78, 5) is 14.4. The van der Waals surface area contributed by atoms with Crippen LogP contribution < -0.4 is 15.5 Å². The minimum Gasteiger partial charge on any atom is -0.369 e. The molecule has 0 radical (unpaired) electrons. The van der Waals surface area contributed by atoms with Gasteiger partial charge in [-0.15, -0.1) is 24.8 Å². The highest BCUT2D eigenvalue weighted by atomic mass is 79.9. The van der Waals surface area contributed by atoms with Crippen molar-refractivity contribution in [3.8, 4) is 0 Å². The van der Waals surface area contributed by atoms with Crippen molar-refractivity contribution in [2.45, 2.75) is 31.7 Å². The van der Waals surface area contributed by atoms with Gasteiger partial charge in [-0.1, -0.05) is 15.9 Å². The molecule has 0 bridgehead atoms. The molecule has 2 saturated heterocycles. The number of amides is 1. The molecular formula is C17H26BrCl2N3O. The Hall–Kier alpha value is -0.490. The SMILES string of the molecule is Cl.Cl.O=C(CCC1CCNC1)NC1CCN(c2ccc(Br)cc2)C1. The third kappa shape index (κ3) is 6.10. The topological polar surface area (TPSA) is 44.4 Å². The molecule has 2 heterocycles. The average molecular weight is 439 g/mol. The maximum absolute atomic E-state index is 12.1. The van der Waals surface area contributed by atoms with Gasteiger partial charge in [0.1, 0.15) is 0 Å². The van der Waals surface area contributed by atoms with Gasteiger partial charge in [0.25, 0.3) is 0 Å². The molecule has 2 unspecified atom stereocenters. The van der Waals surface area contributed by atoms with Crippen molar-refractivity contribution in [2.24, 2.45) is 5.92 Å². The summed E-state index contributed by atoms with van der Waals surface area (Å²) < 4.78 is 1.10. The minimum atomic E-state index is 0. The van der Waals surface area contributed by atoms with Gasteiger partial charge in [-0.2, -0.15) is 0 Å². The van der Waals surface area contributed by atoms with Gasteiger partial charge in [0.2, 0.25) is 5.91 Å². The standard InChI is InChI=1S/C17H24BrN3O.2ClH/c18-14-2-4-16(5-3-14)21-10-8-15(12-21)20-17(22)6-1-13-7-9-19-11-13;;/h2-5,13,15,19H,1,6-12H2,(H,20,22);2*1H. The van der Waals surface area contributed by atoms with Crippen LogP contribution >= 0.6 is 40.7 Å². The summed E-state index contributed by atoms with van der Waals surface area (Å²) in [5.41, 5.74) is 1.23. The molecule has 3 rings (SSSR count). The highest BCUT2D eigenvalue weighted by molar-refractivity contribution is 9.10. The lowest BCUT2D eigenvalue weighted by Crippen LogP contribution is -2.37. The molecule has 2 atom stereocenters. The maximum atomic E-state index is 12.1. The third-order valence-corrected chi connectivity index (χ3v) is 5.22. The number of benzene rings is 1. The lowest BCUT2D eigenvalue weighted by molar-refractivity contribution is -0.121. The minimum absolute atomic E-state index is 0. The number of halogens is 3. The van der Waals surface area contributed by atoms with Gasteiger partial charge in [0, 0.05) is 35.7 Å². The van der Waals surface area contributed by atoms with Crippen LogP contribution in [0.2, 0.25) is 0 Å². The number of hydrogen-bond donors (Lipinski definition) is 2. The Balaban J connectivity index is 0.00000144. The zero-order valence-electron chi connectivity index (χ0n) is 13.7. The van der Waals surface area contributed by atoms with Crippen molar-refractivity contribution in [2.75, 3.05) is 31.1 Å². The summed E-state index contributed by atoms with van der Waals surface area (Å²) in [5.74, 6) is 0.906. The summed E-state index contributed by atoms with van der Waals surface area (Å²) in [7, 11) is 0. The Morgan fingerprint density at radius 1 is 1.25 bits per heavy atom. The normalized spacial score (nSPS) is 22.6. The van der Waals surface area contributed by atoms with Crippen LogP contribution in [0.4, 0.5) is 5.69 Å². The van der Waals surface area contributed by atoms with Gasteiger partial charge in [-0.25, -0.2) is 0 Å². The van der Waals surface area contributed by atoms with E-state index in [4.69, 9.17) is 0 Å². The zero-order chi connectivity index (χ0) is 15.4. The molecule has 0 saturated carbocycles. The van der Waals surface area contributed by atoms with Crippen LogP contribution in [0.25, 0.3) is 0 Å². The van der Waals surface area contributed by atoms with E-state index >= 15 is 0 Å². The summed E-state index contributed by atoms with van der Waals surface area (Å²) in [5, 5.41) is 6.56. The van der Waals surface area contributed by atoms with Crippen molar-refractivity contribution in [3.05, 3.63) is 28.7 Å². The average Bonchev–Trinajstić information content (AvgIpc) is 3.17. The van der Waals surface area contributed by atoms with Gasteiger partial charge < -0.3 is 15.5 Å². The molecule has 1 aromatic rings. The van der Waals surface area contributed by atoms with E-state index in [9.17, 15) is 4.79 Å². The monoisotopic (exact) mass is 437 g/mol. The Bertz CT molecular complexity index is 509. The van der Waals surface area contributed by atoms with Crippen molar-refractivity contribution < 1.29 is 4.79 Å². The molecule has 4 nitrogen and oxygen atoms in total. The molecule has 7 heteroatoms. The van der Waals surface area contributed by atoms with Crippen LogP contribution in [0.3, 0.4) is 0 Å². The number of carbonyl (C=O) groups is 1. The maximum Gasteiger partial charge on any atom is 0.220 e. The van der Waals surface area contributed by atoms with E-state index < -0.39 is 0 Å². The first-order chi connectivity index (χ1) is 10.7. The fourth-order valence-electron chi connectivity index (χ4n) is 3.36. The van der Waals surface area contributed by atoms with E-state index in [0.29, 0.717) is 12.3 Å². The number of nitrogens with zero attached hydrogens (tertiary/aromatic N) is 1. The van der Waals surface area contributed by atoms with E-state index in [1.807, 2.05) is 0 Å². The molecule has 0 spiro atoms. The predicted octanol–water partition coefficient (Wildman–Crippen LogP) is 3.38. The zero-order valence-corrected chi connectivity index (χ0v) is 16.9. The molecule has 136 valence electrons. The molecule has 24 heavy (non-hydrogen) atoms. The Morgan fingerprint density at radius 2 is 2.00 bits per heavy atom. The first-order valence-corrected chi connectivity index (χ1v) is 9.00. The molecule has 2 aliphatic heterocycles. The molecule has 0 aromatic heterocycles. The lowest BCUT2D eigenvalue weighted by atomic mass is 10.0. The highest BCUT2D eigenvalue weighted by Crippen LogP contribution is 2.22. The Morgan fingerprint density at radius 3 is 2.67 bits per heavy atom. The summed E-state index contributed by atoms with van der Waals surface area (Å²) >= 11 is 3.46. The summed E-state index contributed by atoms with van der Waals surface area (Å²) in [6.07, 6.45) is 3.93. The van der Waals surface area contributed by atoms with Gasteiger partial charge in [0.05, 0.1) is 0 Å². The van der Waals surface area contributed by atoms with Crippen LogP contribution in [-0.2, 0) is 4.79 Å². The first kappa shape index (κ1) is 21.6. The molecule has 2 N–H and O–H groups in total. The molecule has 2 fully saturated rings. The van der Waals surface area contributed by atoms with Crippen LogP contribution in [0, 0.1) is 5.92 Å². The van der Waals surface area contributed by atoms with Crippen molar-refractivity contribution >= 4 is 52.3 Å². The molecule has 1 aromatic carbocycles. The lowest BCUT2D eigenvalue weighted by Gasteiger charge is -2.19. The van der Waals surface area contributed by atoms with Gasteiger partial charge in [-0.05, 0) is 62.5 Å². The van der Waals surface area contributed by atoms with Crippen LogP contribution in [0.5, 0.6) is 0 Å². The van der Waals surface area contributed by atoms with Crippen LogP contribution in [-0.4, -0.2) is 38.1 Å². The van der Waals surface area contributed by atoms with Crippen molar-refractivity contribution in [3.63, 3.8) is 0 Å². The second-order valence-corrected chi connectivity index (χ2v) is 7.29. The van der Waals surface area contributed by atoms with E-state index in [0.717, 1.165) is 43.5 Å². The second kappa shape index (κ2) is 10.5. The molecular weight excluding hydrogens is 413 g/mol. The van der Waals surface area contributed by atoms with Crippen molar-refractivity contribution in [1.82, 2.24) is 10.6 Å². The Labute approximate surface area is 165 Å². The predicted molar refractivity (Wildman–Crippen MR) is 108 cm³/mol. The van der Waals surface area contributed by atoms with Crippen LogP contribution in [0.1, 0.15) is 25.7 Å². The molecule has 0 aliphatic carbocycles. The first-order valence-electron chi connectivity index (χ1n) is 8.21. The largest absolute Gasteiger partial charge is 0.369 e. The fraction of sp³-hybridized carbons (Fsp3) is 0.588. The number of nitrogens with one attached hydrogen (secondary N) is 2. The van der Waals surface area contributed by atoms with Gasteiger partial charge in [0.15, 0.2) is 0 Å². The molecule has 1 amide bonds. The summed E-state index contributed by atoms with van der Waals surface area (Å²) in [6.45, 7) is 4.11. The second-order valence-electron chi connectivity index (χ2n) is 6.37. The van der Waals surface area contributed by atoms with Gasteiger partial charge >= 0.3 is 0 Å². The van der Waals surface area contributed by atoms with E-state index in [1.165, 1.54) is 12.1 Å².